The van der Waals surface area contributed by atoms with Crippen molar-refractivity contribution >= 4 is 15.5 Å². The molecule has 19 heavy (non-hydrogen) atoms. The molecule has 0 radical (unpaired) electrons. The van der Waals surface area contributed by atoms with Gasteiger partial charge in [-0.3, -0.25) is 0 Å². The van der Waals surface area contributed by atoms with E-state index in [1.54, 1.807) is 0 Å². The normalized spacial score (nSPS) is 19.2. The van der Waals surface area contributed by atoms with Gasteiger partial charge in [0.15, 0.2) is 9.84 Å². The molecule has 5 heteroatoms. The summed E-state index contributed by atoms with van der Waals surface area (Å²) >= 11 is 0. The van der Waals surface area contributed by atoms with E-state index >= 15 is 0 Å². The molecule has 0 aliphatic carbocycles. The number of benzene rings is 1. The number of anilines is 1. The molecule has 0 aromatic heterocycles. The second-order valence-corrected chi connectivity index (χ2v) is 7.45. The van der Waals surface area contributed by atoms with E-state index in [4.69, 9.17) is 0 Å². The monoisotopic (exact) mass is 282 g/mol. The molecule has 0 amide bonds. The molecule has 0 atom stereocenters. The lowest BCUT2D eigenvalue weighted by molar-refractivity contribution is 0.597. The number of sulfone groups is 1. The number of rotatable bonds is 3. The van der Waals surface area contributed by atoms with Crippen molar-refractivity contribution in [3.8, 4) is 0 Å². The van der Waals surface area contributed by atoms with Gasteiger partial charge in [-0.15, -0.1) is 0 Å². The molecule has 1 aliphatic rings. The zero-order valence-electron chi connectivity index (χ0n) is 11.6. The first-order chi connectivity index (χ1) is 9.02. The Morgan fingerprint density at radius 1 is 1.26 bits per heavy atom. The van der Waals surface area contributed by atoms with Gasteiger partial charge in [0.05, 0.1) is 11.5 Å². The third-order valence-corrected chi connectivity index (χ3v) is 5.25. The van der Waals surface area contributed by atoms with Crippen LogP contribution in [-0.2, 0) is 16.4 Å². The van der Waals surface area contributed by atoms with Crippen LogP contribution in [0.15, 0.2) is 18.2 Å². The molecule has 0 saturated carbocycles. The van der Waals surface area contributed by atoms with Gasteiger partial charge in [-0.2, -0.15) is 0 Å². The van der Waals surface area contributed by atoms with Crippen LogP contribution in [0.4, 0.5) is 5.69 Å². The van der Waals surface area contributed by atoms with Crippen molar-refractivity contribution in [3.63, 3.8) is 0 Å². The molecular weight excluding hydrogens is 260 g/mol. The number of nitrogens with zero attached hydrogens (tertiary/aromatic N) is 1. The van der Waals surface area contributed by atoms with Gasteiger partial charge in [-0.05, 0) is 37.6 Å². The van der Waals surface area contributed by atoms with E-state index in [2.05, 4.69) is 35.3 Å². The number of nitrogens with one attached hydrogen (secondary N) is 1. The molecule has 1 aromatic carbocycles. The van der Waals surface area contributed by atoms with Crippen molar-refractivity contribution in [3.05, 3.63) is 29.3 Å². The minimum atomic E-state index is -2.84. The Morgan fingerprint density at radius 3 is 2.74 bits per heavy atom. The molecule has 1 aliphatic heterocycles. The number of aryl methyl sites for hydroxylation is 1. The summed E-state index contributed by atoms with van der Waals surface area (Å²) in [6.45, 7) is 4.38. The zero-order valence-corrected chi connectivity index (χ0v) is 12.5. The Labute approximate surface area is 115 Å². The second-order valence-electron chi connectivity index (χ2n) is 5.14. The summed E-state index contributed by atoms with van der Waals surface area (Å²) in [5.74, 6) is 0.588. The van der Waals surface area contributed by atoms with Crippen molar-refractivity contribution < 1.29 is 8.42 Å². The predicted octanol–water partition coefficient (Wildman–Crippen LogP) is 1.34. The Bertz CT molecular complexity index is 540. The van der Waals surface area contributed by atoms with Gasteiger partial charge >= 0.3 is 0 Å². The largest absolute Gasteiger partial charge is 0.370 e. The van der Waals surface area contributed by atoms with Crippen LogP contribution >= 0.6 is 0 Å². The maximum absolute atomic E-state index is 11.6. The summed E-state index contributed by atoms with van der Waals surface area (Å²) in [5.41, 5.74) is 3.63. The first-order valence-corrected chi connectivity index (χ1v) is 8.53. The van der Waals surface area contributed by atoms with E-state index in [1.807, 2.05) is 7.05 Å². The standard InChI is InChI=1S/C14H22N2O2S/c1-12-10-13(11-15-2)4-5-14(12)16-6-3-8-19(17,18)9-7-16/h4-5,10,15H,3,6-9,11H2,1-2H3. The molecule has 1 saturated heterocycles. The summed E-state index contributed by atoms with van der Waals surface area (Å²) < 4.78 is 23.3. The first kappa shape index (κ1) is 14.3. The second kappa shape index (κ2) is 5.92. The van der Waals surface area contributed by atoms with E-state index in [0.29, 0.717) is 12.3 Å². The van der Waals surface area contributed by atoms with Gasteiger partial charge in [0.2, 0.25) is 0 Å². The Kier molecular flexibility index (Phi) is 4.47. The smallest absolute Gasteiger partial charge is 0.152 e. The lowest BCUT2D eigenvalue weighted by Gasteiger charge is -2.24. The van der Waals surface area contributed by atoms with Gasteiger partial charge < -0.3 is 10.2 Å². The fraction of sp³-hybridized carbons (Fsp3) is 0.571. The van der Waals surface area contributed by atoms with Crippen LogP contribution in [0.3, 0.4) is 0 Å². The van der Waals surface area contributed by atoms with E-state index in [0.717, 1.165) is 25.2 Å². The van der Waals surface area contributed by atoms with Crippen molar-refractivity contribution in [2.45, 2.75) is 19.9 Å². The van der Waals surface area contributed by atoms with Crippen molar-refractivity contribution in [1.82, 2.24) is 5.32 Å². The van der Waals surface area contributed by atoms with Crippen molar-refractivity contribution in [1.29, 1.82) is 0 Å². The molecule has 1 aromatic rings. The van der Waals surface area contributed by atoms with Gasteiger partial charge in [0, 0.05) is 25.3 Å². The molecule has 106 valence electrons. The van der Waals surface area contributed by atoms with Gasteiger partial charge in [0.1, 0.15) is 0 Å². The van der Waals surface area contributed by atoms with E-state index in [9.17, 15) is 8.42 Å². The minimum Gasteiger partial charge on any atom is -0.370 e. The van der Waals surface area contributed by atoms with Crippen LogP contribution in [0.25, 0.3) is 0 Å². The van der Waals surface area contributed by atoms with Crippen molar-refractivity contribution in [2.75, 3.05) is 36.5 Å². The summed E-state index contributed by atoms with van der Waals surface area (Å²) in [6.07, 6.45) is 0.722. The SMILES string of the molecule is CNCc1ccc(N2CCCS(=O)(=O)CC2)c(C)c1. The number of hydrogen-bond donors (Lipinski definition) is 1. The van der Waals surface area contributed by atoms with Crippen LogP contribution in [0.2, 0.25) is 0 Å². The molecule has 0 bridgehead atoms. The van der Waals surface area contributed by atoms with Crippen LogP contribution < -0.4 is 10.2 Å². The molecule has 1 heterocycles. The van der Waals surface area contributed by atoms with Crippen LogP contribution in [0, 0.1) is 6.92 Å². The third kappa shape index (κ3) is 3.70. The molecular formula is C14H22N2O2S. The molecule has 4 nitrogen and oxygen atoms in total. The van der Waals surface area contributed by atoms with E-state index in [-0.39, 0.29) is 5.75 Å². The van der Waals surface area contributed by atoms with Gasteiger partial charge in [-0.25, -0.2) is 8.42 Å². The highest BCUT2D eigenvalue weighted by molar-refractivity contribution is 7.91. The van der Waals surface area contributed by atoms with E-state index < -0.39 is 9.84 Å². The summed E-state index contributed by atoms with van der Waals surface area (Å²) in [5, 5.41) is 3.14. The Balaban J connectivity index is 2.17. The average Bonchev–Trinajstić information content (AvgIpc) is 2.51. The maximum Gasteiger partial charge on any atom is 0.152 e. The number of hydrogen-bond acceptors (Lipinski definition) is 4. The molecule has 0 spiro atoms. The third-order valence-electron chi connectivity index (χ3n) is 3.54. The average molecular weight is 282 g/mol. The highest BCUT2D eigenvalue weighted by atomic mass is 32.2. The molecule has 2 rings (SSSR count). The highest BCUT2D eigenvalue weighted by Crippen LogP contribution is 2.23. The summed E-state index contributed by atoms with van der Waals surface area (Å²) in [7, 11) is -0.908. The molecule has 1 fully saturated rings. The Hall–Kier alpha value is -1.07. The van der Waals surface area contributed by atoms with E-state index in [1.165, 1.54) is 11.1 Å². The maximum atomic E-state index is 11.6. The highest BCUT2D eigenvalue weighted by Gasteiger charge is 2.20. The lowest BCUT2D eigenvalue weighted by Crippen LogP contribution is -2.27. The summed E-state index contributed by atoms with van der Waals surface area (Å²) in [6, 6.07) is 6.39. The first-order valence-electron chi connectivity index (χ1n) is 6.71. The topological polar surface area (TPSA) is 49.4 Å². The summed E-state index contributed by atoms with van der Waals surface area (Å²) in [4.78, 5) is 2.20. The van der Waals surface area contributed by atoms with Gasteiger partial charge in [-0.1, -0.05) is 12.1 Å². The predicted molar refractivity (Wildman–Crippen MR) is 79.4 cm³/mol. The Morgan fingerprint density at radius 2 is 2.05 bits per heavy atom. The quantitative estimate of drug-likeness (QED) is 0.909. The zero-order chi connectivity index (χ0) is 13.9. The van der Waals surface area contributed by atoms with Crippen molar-refractivity contribution in [2.24, 2.45) is 0 Å². The minimum absolute atomic E-state index is 0.269. The van der Waals surface area contributed by atoms with Crippen LogP contribution in [0.5, 0.6) is 0 Å². The molecule has 0 unspecified atom stereocenters. The van der Waals surface area contributed by atoms with Crippen LogP contribution in [0.1, 0.15) is 17.5 Å². The lowest BCUT2D eigenvalue weighted by atomic mass is 10.1. The molecule has 1 N–H and O–H groups in total. The fourth-order valence-electron chi connectivity index (χ4n) is 2.57. The van der Waals surface area contributed by atoms with Gasteiger partial charge in [0.25, 0.3) is 0 Å². The van der Waals surface area contributed by atoms with Crippen LogP contribution in [-0.4, -0.2) is 40.1 Å². The fourth-order valence-corrected chi connectivity index (χ4v) is 3.84.